The van der Waals surface area contributed by atoms with E-state index in [2.05, 4.69) is 16.3 Å². The number of alkyl carbamates (subject to hydrolysis) is 1. The monoisotopic (exact) mass is 338 g/mol. The van der Waals surface area contributed by atoms with Gasteiger partial charge in [-0.2, -0.15) is 0 Å². The second-order valence-electron chi connectivity index (χ2n) is 7.26. The minimum absolute atomic E-state index is 0.329. The zero-order valence-corrected chi connectivity index (χ0v) is 15.0. The molecule has 128 valence electrons. The normalized spacial score (nSPS) is 19.4. The van der Waals surface area contributed by atoms with Gasteiger partial charge in [-0.3, -0.25) is 4.90 Å². The number of likely N-dealkylation sites (tertiary alicyclic amines) is 1. The molecule has 1 amide bonds. The van der Waals surface area contributed by atoms with Crippen LogP contribution in [0.3, 0.4) is 0 Å². The van der Waals surface area contributed by atoms with Crippen molar-refractivity contribution >= 4 is 17.7 Å². The lowest BCUT2D eigenvalue weighted by atomic mass is 9.97. The summed E-state index contributed by atoms with van der Waals surface area (Å²) in [5.74, 6) is 0.468. The van der Waals surface area contributed by atoms with Crippen molar-refractivity contribution in [3.05, 3.63) is 34.9 Å². The van der Waals surface area contributed by atoms with Crippen LogP contribution in [0.1, 0.15) is 39.2 Å². The van der Waals surface area contributed by atoms with Crippen molar-refractivity contribution in [2.45, 2.75) is 45.8 Å². The molecule has 2 rings (SSSR count). The van der Waals surface area contributed by atoms with Gasteiger partial charge in [0.15, 0.2) is 0 Å². The molecular formula is C18H27ClN2O2. The van der Waals surface area contributed by atoms with Gasteiger partial charge in [0.05, 0.1) is 0 Å². The third kappa shape index (κ3) is 6.80. The average molecular weight is 339 g/mol. The largest absolute Gasteiger partial charge is 0.444 e. The zero-order chi connectivity index (χ0) is 16.9. The Morgan fingerprint density at radius 3 is 2.91 bits per heavy atom. The van der Waals surface area contributed by atoms with Crippen molar-refractivity contribution in [1.29, 1.82) is 0 Å². The first-order chi connectivity index (χ1) is 10.8. The molecule has 1 atom stereocenters. The molecule has 0 saturated carbocycles. The van der Waals surface area contributed by atoms with Crippen LogP contribution >= 0.6 is 11.6 Å². The predicted octanol–water partition coefficient (Wildman–Crippen LogP) is 4.08. The highest BCUT2D eigenvalue weighted by atomic mass is 35.5. The summed E-state index contributed by atoms with van der Waals surface area (Å²) in [6, 6.07) is 8.01. The molecule has 1 aliphatic heterocycles. The van der Waals surface area contributed by atoms with Crippen LogP contribution in [0.4, 0.5) is 4.79 Å². The number of halogens is 1. The summed E-state index contributed by atoms with van der Waals surface area (Å²) in [4.78, 5) is 14.2. The molecule has 1 unspecified atom stereocenters. The summed E-state index contributed by atoms with van der Waals surface area (Å²) in [6.07, 6.45) is 1.97. The molecule has 1 aromatic carbocycles. The Labute approximate surface area is 144 Å². The van der Waals surface area contributed by atoms with E-state index in [1.165, 1.54) is 5.56 Å². The molecule has 4 nitrogen and oxygen atoms in total. The van der Waals surface area contributed by atoms with E-state index >= 15 is 0 Å². The maximum absolute atomic E-state index is 11.7. The number of benzene rings is 1. The van der Waals surface area contributed by atoms with Gasteiger partial charge >= 0.3 is 6.09 Å². The van der Waals surface area contributed by atoms with Gasteiger partial charge < -0.3 is 10.1 Å². The van der Waals surface area contributed by atoms with E-state index in [0.29, 0.717) is 12.5 Å². The number of hydrogen-bond donors (Lipinski definition) is 1. The topological polar surface area (TPSA) is 41.6 Å². The Bertz CT molecular complexity index is 528. The van der Waals surface area contributed by atoms with Crippen molar-refractivity contribution in [3.63, 3.8) is 0 Å². The van der Waals surface area contributed by atoms with Gasteiger partial charge in [-0.15, -0.1) is 0 Å². The Hall–Kier alpha value is -1.26. The van der Waals surface area contributed by atoms with Gasteiger partial charge in [0.2, 0.25) is 0 Å². The van der Waals surface area contributed by atoms with Gasteiger partial charge in [0, 0.05) is 24.7 Å². The van der Waals surface area contributed by atoms with E-state index in [4.69, 9.17) is 16.3 Å². The lowest BCUT2D eigenvalue weighted by molar-refractivity contribution is 0.0506. The number of carbonyl (C=O) groups excluding carboxylic acids is 1. The van der Waals surface area contributed by atoms with Crippen LogP contribution < -0.4 is 5.32 Å². The summed E-state index contributed by atoms with van der Waals surface area (Å²) in [5.41, 5.74) is 0.785. The van der Waals surface area contributed by atoms with E-state index in [1.54, 1.807) is 0 Å². The molecule has 1 saturated heterocycles. The Kier molecular flexibility index (Phi) is 6.31. The molecule has 1 fully saturated rings. The first-order valence-corrected chi connectivity index (χ1v) is 8.63. The quantitative estimate of drug-likeness (QED) is 0.899. The molecule has 1 heterocycles. The third-order valence-corrected chi connectivity index (χ3v) is 4.07. The van der Waals surface area contributed by atoms with Gasteiger partial charge in [0.1, 0.15) is 5.60 Å². The number of nitrogens with zero attached hydrogens (tertiary/aromatic N) is 1. The maximum Gasteiger partial charge on any atom is 0.407 e. The Morgan fingerprint density at radius 1 is 1.43 bits per heavy atom. The summed E-state index contributed by atoms with van der Waals surface area (Å²) in [5, 5.41) is 3.67. The number of piperidine rings is 1. The van der Waals surface area contributed by atoms with Crippen LogP contribution in [-0.4, -0.2) is 36.2 Å². The number of carbonyl (C=O) groups is 1. The Morgan fingerprint density at radius 2 is 2.22 bits per heavy atom. The Balaban J connectivity index is 1.78. The fourth-order valence-corrected chi connectivity index (χ4v) is 3.11. The number of amides is 1. The number of ether oxygens (including phenoxy) is 1. The molecule has 0 radical (unpaired) electrons. The molecular weight excluding hydrogens is 312 g/mol. The van der Waals surface area contributed by atoms with Crippen molar-refractivity contribution in [3.8, 4) is 0 Å². The van der Waals surface area contributed by atoms with Crippen LogP contribution in [0, 0.1) is 5.92 Å². The van der Waals surface area contributed by atoms with Crippen LogP contribution in [0.2, 0.25) is 5.02 Å². The van der Waals surface area contributed by atoms with Crippen molar-refractivity contribution in [2.24, 2.45) is 5.92 Å². The van der Waals surface area contributed by atoms with Crippen molar-refractivity contribution in [2.75, 3.05) is 19.6 Å². The smallest absolute Gasteiger partial charge is 0.407 e. The first-order valence-electron chi connectivity index (χ1n) is 8.25. The lowest BCUT2D eigenvalue weighted by Gasteiger charge is -2.33. The van der Waals surface area contributed by atoms with Gasteiger partial charge in [-0.05, 0) is 63.8 Å². The molecule has 1 aromatic rings. The molecule has 0 spiro atoms. The van der Waals surface area contributed by atoms with Crippen molar-refractivity contribution in [1.82, 2.24) is 10.2 Å². The minimum Gasteiger partial charge on any atom is -0.444 e. The van der Waals surface area contributed by atoms with E-state index < -0.39 is 5.60 Å². The number of hydrogen-bond acceptors (Lipinski definition) is 3. The highest BCUT2D eigenvalue weighted by Gasteiger charge is 2.22. The average Bonchev–Trinajstić information content (AvgIpc) is 2.44. The van der Waals surface area contributed by atoms with Gasteiger partial charge in [0.25, 0.3) is 0 Å². The fourth-order valence-electron chi connectivity index (χ4n) is 2.90. The van der Waals surface area contributed by atoms with Gasteiger partial charge in [-0.1, -0.05) is 23.7 Å². The van der Waals surface area contributed by atoms with Gasteiger partial charge in [-0.25, -0.2) is 4.79 Å². The van der Waals surface area contributed by atoms with E-state index in [-0.39, 0.29) is 6.09 Å². The van der Waals surface area contributed by atoms with Crippen LogP contribution in [0.5, 0.6) is 0 Å². The van der Waals surface area contributed by atoms with Crippen LogP contribution in [-0.2, 0) is 11.3 Å². The molecule has 0 aliphatic carbocycles. The van der Waals surface area contributed by atoms with E-state index in [0.717, 1.165) is 37.5 Å². The van der Waals surface area contributed by atoms with Crippen LogP contribution in [0.15, 0.2) is 24.3 Å². The van der Waals surface area contributed by atoms with Crippen LogP contribution in [0.25, 0.3) is 0 Å². The fraction of sp³-hybridized carbons (Fsp3) is 0.611. The summed E-state index contributed by atoms with van der Waals surface area (Å²) in [7, 11) is 0. The highest BCUT2D eigenvalue weighted by molar-refractivity contribution is 6.30. The number of rotatable bonds is 4. The maximum atomic E-state index is 11.7. The summed E-state index contributed by atoms with van der Waals surface area (Å²) >= 11 is 6.05. The SMILES string of the molecule is CC(C)(C)OC(=O)NCC1CCCN(Cc2cccc(Cl)c2)C1. The van der Waals surface area contributed by atoms with Crippen molar-refractivity contribution < 1.29 is 9.53 Å². The predicted molar refractivity (Wildman–Crippen MR) is 93.7 cm³/mol. The molecule has 23 heavy (non-hydrogen) atoms. The first kappa shape index (κ1) is 18.1. The lowest BCUT2D eigenvalue weighted by Crippen LogP contribution is -2.41. The third-order valence-electron chi connectivity index (χ3n) is 3.83. The molecule has 0 bridgehead atoms. The molecule has 1 aliphatic rings. The summed E-state index contributed by atoms with van der Waals surface area (Å²) < 4.78 is 5.29. The minimum atomic E-state index is -0.449. The highest BCUT2D eigenvalue weighted by Crippen LogP contribution is 2.19. The van der Waals surface area contributed by atoms with E-state index in [9.17, 15) is 4.79 Å². The number of nitrogens with one attached hydrogen (secondary N) is 1. The second kappa shape index (κ2) is 8.02. The second-order valence-corrected chi connectivity index (χ2v) is 7.69. The zero-order valence-electron chi connectivity index (χ0n) is 14.3. The molecule has 5 heteroatoms. The molecule has 1 N–H and O–H groups in total. The van der Waals surface area contributed by atoms with E-state index in [1.807, 2.05) is 39.0 Å². The standard InChI is InChI=1S/C18H27ClN2O2/c1-18(2,3)23-17(22)20-11-15-7-5-9-21(13-15)12-14-6-4-8-16(19)10-14/h4,6,8,10,15H,5,7,9,11-13H2,1-3H3,(H,20,22). The summed E-state index contributed by atoms with van der Waals surface area (Å²) in [6.45, 7) is 9.28. The molecule has 0 aromatic heterocycles.